The predicted octanol–water partition coefficient (Wildman–Crippen LogP) is 4.68. The van der Waals surface area contributed by atoms with Gasteiger partial charge < -0.3 is 0 Å². The highest BCUT2D eigenvalue weighted by Gasteiger charge is 2.34. The molecule has 0 nitrogen and oxygen atoms in total. The maximum absolute atomic E-state index is 12.4. The molecule has 1 aromatic carbocycles. The Labute approximate surface area is 93.2 Å². The highest BCUT2D eigenvalue weighted by Crippen LogP contribution is 2.39. The van der Waals surface area contributed by atoms with E-state index in [0.717, 1.165) is 11.6 Å². The Morgan fingerprint density at radius 2 is 1.93 bits per heavy atom. The molecule has 14 heavy (non-hydrogen) atoms. The smallest absolute Gasteiger partial charge is 0.166 e. The predicted molar refractivity (Wildman–Crippen MR) is 53.5 cm³/mol. The van der Waals surface area contributed by atoms with Crippen LogP contribution in [-0.2, 0) is 12.6 Å². The van der Waals surface area contributed by atoms with E-state index >= 15 is 0 Å². The number of benzene rings is 1. The second kappa shape index (κ2) is 4.11. The lowest BCUT2D eigenvalue weighted by Gasteiger charge is -2.12. The van der Waals surface area contributed by atoms with E-state index in [1.54, 1.807) is 0 Å². The Bertz CT molecular complexity index is 347. The zero-order valence-electron chi connectivity index (χ0n) is 7.25. The zero-order valence-corrected chi connectivity index (χ0v) is 9.59. The summed E-state index contributed by atoms with van der Waals surface area (Å²) in [5.41, 5.74) is -0.0359. The number of alkyl halides is 3. The van der Waals surface area contributed by atoms with Crippen molar-refractivity contribution in [3.05, 3.63) is 32.8 Å². The van der Waals surface area contributed by atoms with E-state index in [1.807, 2.05) is 6.92 Å². The first kappa shape index (κ1) is 11.9. The summed E-state index contributed by atoms with van der Waals surface area (Å²) >= 11 is 8.65. The molecule has 0 fully saturated rings. The van der Waals surface area contributed by atoms with Gasteiger partial charge in [0.2, 0.25) is 0 Å². The van der Waals surface area contributed by atoms with Crippen molar-refractivity contribution in [2.75, 3.05) is 0 Å². The van der Waals surface area contributed by atoms with Crippen LogP contribution >= 0.6 is 27.5 Å². The van der Waals surface area contributed by atoms with Crippen LogP contribution in [0.3, 0.4) is 0 Å². The summed E-state index contributed by atoms with van der Waals surface area (Å²) in [7, 11) is 0. The Morgan fingerprint density at radius 3 is 2.36 bits per heavy atom. The molecule has 0 spiro atoms. The van der Waals surface area contributed by atoms with Crippen LogP contribution in [-0.4, -0.2) is 0 Å². The monoisotopic (exact) mass is 286 g/mol. The third-order valence-corrected chi connectivity index (χ3v) is 3.38. The third-order valence-electron chi connectivity index (χ3n) is 1.85. The SMILES string of the molecule is CCc1ccc(C(F)(F)F)c(Cl)c1Br. The van der Waals surface area contributed by atoms with Gasteiger partial charge in [0.25, 0.3) is 0 Å². The van der Waals surface area contributed by atoms with Crippen molar-refractivity contribution in [2.45, 2.75) is 19.5 Å². The highest BCUT2D eigenvalue weighted by molar-refractivity contribution is 9.10. The van der Waals surface area contributed by atoms with Crippen molar-refractivity contribution < 1.29 is 13.2 Å². The molecule has 0 saturated heterocycles. The van der Waals surface area contributed by atoms with Crippen molar-refractivity contribution in [1.82, 2.24) is 0 Å². The Kier molecular flexibility index (Phi) is 3.48. The van der Waals surface area contributed by atoms with E-state index in [4.69, 9.17) is 11.6 Å². The molecule has 0 heterocycles. The van der Waals surface area contributed by atoms with Gasteiger partial charge in [-0.2, -0.15) is 13.2 Å². The van der Waals surface area contributed by atoms with Crippen molar-refractivity contribution in [3.63, 3.8) is 0 Å². The van der Waals surface area contributed by atoms with E-state index in [0.29, 0.717) is 10.9 Å². The molecule has 5 heteroatoms. The lowest BCUT2D eigenvalue weighted by atomic mass is 10.1. The topological polar surface area (TPSA) is 0 Å². The van der Waals surface area contributed by atoms with E-state index < -0.39 is 11.7 Å². The van der Waals surface area contributed by atoms with Crippen LogP contribution in [0.5, 0.6) is 0 Å². The maximum Gasteiger partial charge on any atom is 0.417 e. The van der Waals surface area contributed by atoms with Crippen LogP contribution < -0.4 is 0 Å². The molecule has 0 atom stereocenters. The number of aryl methyl sites for hydroxylation is 1. The van der Waals surface area contributed by atoms with Gasteiger partial charge in [-0.05, 0) is 34.0 Å². The molecule has 0 saturated carbocycles. The molecule has 0 unspecified atom stereocenters. The number of halogens is 5. The molecule has 0 aliphatic rings. The molecule has 0 aromatic heterocycles. The van der Waals surface area contributed by atoms with Gasteiger partial charge in [0.15, 0.2) is 0 Å². The molecular weight excluding hydrogens is 280 g/mol. The second-order valence-corrected chi connectivity index (χ2v) is 3.92. The molecule has 78 valence electrons. The molecule has 1 aromatic rings. The summed E-state index contributed by atoms with van der Waals surface area (Å²) in [4.78, 5) is 0. The van der Waals surface area contributed by atoms with E-state index in [2.05, 4.69) is 15.9 Å². The molecule has 0 aliphatic heterocycles. The zero-order chi connectivity index (χ0) is 10.9. The quantitative estimate of drug-likeness (QED) is 0.703. The molecule has 0 radical (unpaired) electrons. The number of hydrogen-bond donors (Lipinski definition) is 0. The Hall–Kier alpha value is -0.220. The number of rotatable bonds is 1. The first-order chi connectivity index (χ1) is 6.38. The normalized spacial score (nSPS) is 11.9. The van der Waals surface area contributed by atoms with Crippen LogP contribution in [0.4, 0.5) is 13.2 Å². The largest absolute Gasteiger partial charge is 0.417 e. The molecular formula is C9H7BrClF3. The minimum Gasteiger partial charge on any atom is -0.166 e. The molecule has 0 bridgehead atoms. The Morgan fingerprint density at radius 1 is 1.36 bits per heavy atom. The van der Waals surface area contributed by atoms with Crippen LogP contribution in [0.25, 0.3) is 0 Å². The van der Waals surface area contributed by atoms with Crippen molar-refractivity contribution in [2.24, 2.45) is 0 Å². The fraction of sp³-hybridized carbons (Fsp3) is 0.333. The summed E-state index contributed by atoms with van der Waals surface area (Å²) in [6, 6.07) is 2.44. The van der Waals surface area contributed by atoms with Gasteiger partial charge >= 0.3 is 6.18 Å². The van der Waals surface area contributed by atoms with Gasteiger partial charge in [-0.1, -0.05) is 24.6 Å². The average Bonchev–Trinajstić information content (AvgIpc) is 2.07. The fourth-order valence-electron chi connectivity index (χ4n) is 1.08. The lowest BCUT2D eigenvalue weighted by Crippen LogP contribution is -2.06. The third kappa shape index (κ3) is 2.23. The van der Waals surface area contributed by atoms with Crippen molar-refractivity contribution in [3.8, 4) is 0 Å². The van der Waals surface area contributed by atoms with Gasteiger partial charge in [0, 0.05) is 4.47 Å². The first-order valence-corrected chi connectivity index (χ1v) is 5.09. The van der Waals surface area contributed by atoms with Gasteiger partial charge in [-0.25, -0.2) is 0 Å². The maximum atomic E-state index is 12.4. The first-order valence-electron chi connectivity index (χ1n) is 3.92. The molecule has 1 rings (SSSR count). The lowest BCUT2D eigenvalue weighted by molar-refractivity contribution is -0.137. The minimum absolute atomic E-state index is 0.267. The van der Waals surface area contributed by atoms with Crippen molar-refractivity contribution >= 4 is 27.5 Å². The van der Waals surface area contributed by atoms with Crippen LogP contribution in [0.15, 0.2) is 16.6 Å². The van der Waals surface area contributed by atoms with Gasteiger partial charge in [-0.15, -0.1) is 0 Å². The highest BCUT2D eigenvalue weighted by atomic mass is 79.9. The summed E-state index contributed by atoms with van der Waals surface area (Å²) < 4.78 is 37.4. The van der Waals surface area contributed by atoms with E-state index in [-0.39, 0.29) is 5.02 Å². The van der Waals surface area contributed by atoms with E-state index in [9.17, 15) is 13.2 Å². The van der Waals surface area contributed by atoms with Crippen LogP contribution in [0.1, 0.15) is 18.1 Å². The van der Waals surface area contributed by atoms with Gasteiger partial charge in [0.05, 0.1) is 10.6 Å². The fourth-order valence-corrected chi connectivity index (χ4v) is 2.00. The van der Waals surface area contributed by atoms with Crippen molar-refractivity contribution in [1.29, 1.82) is 0 Å². The second-order valence-electron chi connectivity index (χ2n) is 2.75. The average molecular weight is 288 g/mol. The number of hydrogen-bond acceptors (Lipinski definition) is 0. The molecule has 0 N–H and O–H groups in total. The Balaban J connectivity index is 3.31. The summed E-state index contributed by atoms with van der Waals surface area (Å²) in [5.74, 6) is 0. The summed E-state index contributed by atoms with van der Waals surface area (Å²) in [6.45, 7) is 1.85. The van der Waals surface area contributed by atoms with Crippen LogP contribution in [0, 0.1) is 0 Å². The molecule has 0 aliphatic carbocycles. The van der Waals surface area contributed by atoms with E-state index in [1.165, 1.54) is 6.07 Å². The van der Waals surface area contributed by atoms with Gasteiger partial charge in [-0.3, -0.25) is 0 Å². The molecule has 0 amide bonds. The minimum atomic E-state index is -4.40. The summed E-state index contributed by atoms with van der Waals surface area (Å²) in [6.07, 6.45) is -3.76. The standard InChI is InChI=1S/C9H7BrClF3/c1-2-5-3-4-6(9(12,13)14)8(11)7(5)10/h3-4H,2H2,1H3. The van der Waals surface area contributed by atoms with Gasteiger partial charge in [0.1, 0.15) is 0 Å². The summed E-state index contributed by atoms with van der Waals surface area (Å²) in [5, 5.41) is -0.267. The van der Waals surface area contributed by atoms with Crippen LogP contribution in [0.2, 0.25) is 5.02 Å².